The van der Waals surface area contributed by atoms with Crippen LogP contribution in [0.3, 0.4) is 0 Å². The third-order valence-corrected chi connectivity index (χ3v) is 7.13. The molecular formula is C24H24Cl2F2N4O3. The average Bonchev–Trinajstić information content (AvgIpc) is 3.47. The Kier molecular flexibility index (Phi) is 7.00. The molecule has 11 heteroatoms. The molecule has 1 amide bonds. The van der Waals surface area contributed by atoms with E-state index >= 15 is 0 Å². The number of benzene rings is 2. The van der Waals surface area contributed by atoms with Gasteiger partial charge in [-0.15, -0.1) is 0 Å². The first kappa shape index (κ1) is 24.1. The van der Waals surface area contributed by atoms with Crippen LogP contribution in [-0.4, -0.2) is 54.4 Å². The first-order valence-electron chi connectivity index (χ1n) is 11.4. The molecule has 0 bridgehead atoms. The first-order valence-corrected chi connectivity index (χ1v) is 12.2. The van der Waals surface area contributed by atoms with Crippen molar-refractivity contribution >= 4 is 46.1 Å². The minimum atomic E-state index is -2.93. The number of carbonyl (C=O) groups is 1. The van der Waals surface area contributed by atoms with E-state index in [9.17, 15) is 13.6 Å². The topological polar surface area (TPSA) is 68.6 Å². The predicted octanol–water partition coefficient (Wildman–Crippen LogP) is 5.06. The zero-order valence-corrected chi connectivity index (χ0v) is 20.2. The Balaban J connectivity index is 1.44. The van der Waals surface area contributed by atoms with Crippen molar-refractivity contribution in [3.63, 3.8) is 0 Å². The molecule has 186 valence electrons. The number of hydrogen-bond donors (Lipinski definition) is 1. The van der Waals surface area contributed by atoms with Crippen LogP contribution in [0.4, 0.5) is 14.7 Å². The summed E-state index contributed by atoms with van der Waals surface area (Å²) >= 11 is 12.5. The second-order valence-electron chi connectivity index (χ2n) is 8.71. The van der Waals surface area contributed by atoms with Gasteiger partial charge in [0, 0.05) is 31.7 Å². The molecule has 1 unspecified atom stereocenters. The fourth-order valence-corrected chi connectivity index (χ4v) is 4.95. The standard InChI is InChI=1S/C24H24Cl2F2N4O3/c25-18-11-20-21(12-19(18)26)32(16-2-1-3-17(10-16)35-23(27)28)24(30-20)31-7-4-14(5-8-31)22(33)29-15-6-9-34-13-15/h1-3,10-12,14-15,23H,4-9,13H2,(H,29,33). The molecule has 1 aromatic heterocycles. The Morgan fingerprint density at radius 3 is 2.63 bits per heavy atom. The van der Waals surface area contributed by atoms with Gasteiger partial charge in [0.2, 0.25) is 11.9 Å². The lowest BCUT2D eigenvalue weighted by Crippen LogP contribution is -2.44. The molecule has 1 N–H and O–H groups in total. The van der Waals surface area contributed by atoms with Crippen molar-refractivity contribution in [2.75, 3.05) is 31.2 Å². The molecule has 0 spiro atoms. The summed E-state index contributed by atoms with van der Waals surface area (Å²) < 4.78 is 37.5. The lowest BCUT2D eigenvalue weighted by atomic mass is 9.95. The Bertz CT molecular complexity index is 1220. The number of imidazole rings is 1. The predicted molar refractivity (Wildman–Crippen MR) is 130 cm³/mol. The molecule has 7 nitrogen and oxygen atoms in total. The number of hydrogen-bond acceptors (Lipinski definition) is 5. The molecule has 0 radical (unpaired) electrons. The summed E-state index contributed by atoms with van der Waals surface area (Å²) in [5, 5.41) is 3.82. The minimum absolute atomic E-state index is 0.0385. The van der Waals surface area contributed by atoms with Gasteiger partial charge in [0.15, 0.2) is 0 Å². The molecule has 3 aromatic rings. The highest BCUT2D eigenvalue weighted by Crippen LogP contribution is 2.35. The number of halogens is 4. The van der Waals surface area contributed by atoms with Crippen LogP contribution in [-0.2, 0) is 9.53 Å². The number of ether oxygens (including phenoxy) is 2. The van der Waals surface area contributed by atoms with Gasteiger partial charge in [-0.25, -0.2) is 4.98 Å². The highest BCUT2D eigenvalue weighted by atomic mass is 35.5. The number of anilines is 1. The SMILES string of the molecule is O=C(NC1CCOC1)C1CCN(c2nc3cc(Cl)c(Cl)cc3n2-c2cccc(OC(F)F)c2)CC1. The van der Waals surface area contributed by atoms with Crippen LogP contribution >= 0.6 is 23.2 Å². The molecule has 2 fully saturated rings. The van der Waals surface area contributed by atoms with Crippen LogP contribution in [0.5, 0.6) is 5.75 Å². The van der Waals surface area contributed by atoms with Gasteiger partial charge >= 0.3 is 6.61 Å². The molecule has 35 heavy (non-hydrogen) atoms. The molecule has 1 atom stereocenters. The molecule has 2 aromatic carbocycles. The van der Waals surface area contributed by atoms with Crippen LogP contribution in [0, 0.1) is 5.92 Å². The van der Waals surface area contributed by atoms with E-state index < -0.39 is 6.61 Å². The summed E-state index contributed by atoms with van der Waals surface area (Å²) in [7, 11) is 0. The van der Waals surface area contributed by atoms with E-state index in [0.29, 0.717) is 71.9 Å². The zero-order valence-electron chi connectivity index (χ0n) is 18.7. The fourth-order valence-electron chi connectivity index (χ4n) is 4.63. The lowest BCUT2D eigenvalue weighted by Gasteiger charge is -2.32. The summed E-state index contributed by atoms with van der Waals surface area (Å²) in [5.74, 6) is 0.632. The summed E-state index contributed by atoms with van der Waals surface area (Å²) in [6, 6.07) is 9.91. The minimum Gasteiger partial charge on any atom is -0.435 e. The quantitative estimate of drug-likeness (QED) is 0.488. The molecule has 5 rings (SSSR count). The third kappa shape index (κ3) is 5.17. The van der Waals surface area contributed by atoms with Crippen molar-refractivity contribution in [1.29, 1.82) is 0 Å². The van der Waals surface area contributed by atoms with Crippen LogP contribution in [0.2, 0.25) is 10.0 Å². The molecule has 3 heterocycles. The number of rotatable bonds is 6. The van der Waals surface area contributed by atoms with E-state index in [0.717, 1.165) is 6.42 Å². The van der Waals surface area contributed by atoms with E-state index in [1.165, 1.54) is 12.1 Å². The van der Waals surface area contributed by atoms with Crippen molar-refractivity contribution in [2.45, 2.75) is 31.9 Å². The second kappa shape index (κ2) is 10.2. The second-order valence-corrected chi connectivity index (χ2v) is 9.52. The number of alkyl halides is 2. The highest BCUT2D eigenvalue weighted by Gasteiger charge is 2.30. The Morgan fingerprint density at radius 1 is 1.14 bits per heavy atom. The number of fused-ring (bicyclic) bond motifs is 1. The maximum atomic E-state index is 12.8. The largest absolute Gasteiger partial charge is 0.435 e. The summed E-state index contributed by atoms with van der Waals surface area (Å²) in [5.41, 5.74) is 1.90. The monoisotopic (exact) mass is 524 g/mol. The Hall–Kier alpha value is -2.62. The van der Waals surface area contributed by atoms with Gasteiger partial charge in [-0.2, -0.15) is 8.78 Å². The van der Waals surface area contributed by atoms with Crippen molar-refractivity contribution in [3.05, 3.63) is 46.4 Å². The van der Waals surface area contributed by atoms with Gasteiger partial charge in [0.05, 0.1) is 39.4 Å². The normalized spacial score (nSPS) is 19.0. The molecule has 2 saturated heterocycles. The van der Waals surface area contributed by atoms with Gasteiger partial charge in [-0.3, -0.25) is 9.36 Å². The van der Waals surface area contributed by atoms with Gasteiger partial charge in [-0.1, -0.05) is 29.3 Å². The summed E-state index contributed by atoms with van der Waals surface area (Å²) in [6.45, 7) is -0.474. The van der Waals surface area contributed by atoms with Crippen LogP contribution in [0.15, 0.2) is 36.4 Å². The maximum Gasteiger partial charge on any atom is 0.387 e. The zero-order chi connectivity index (χ0) is 24.5. The number of carbonyl (C=O) groups excluding carboxylic acids is 1. The Morgan fingerprint density at radius 2 is 1.91 bits per heavy atom. The van der Waals surface area contributed by atoms with Gasteiger partial charge in [-0.05, 0) is 43.5 Å². The van der Waals surface area contributed by atoms with Crippen molar-refractivity contribution in [1.82, 2.24) is 14.9 Å². The first-order chi connectivity index (χ1) is 16.9. The van der Waals surface area contributed by atoms with Crippen molar-refractivity contribution in [2.24, 2.45) is 5.92 Å². The molecule has 2 aliphatic heterocycles. The summed E-state index contributed by atoms with van der Waals surface area (Å²) in [4.78, 5) is 19.6. The number of nitrogens with one attached hydrogen (secondary N) is 1. The van der Waals surface area contributed by atoms with Gasteiger partial charge in [0.25, 0.3) is 0 Å². The summed E-state index contributed by atoms with van der Waals surface area (Å²) in [6.07, 6.45) is 2.17. The van der Waals surface area contributed by atoms with E-state index in [1.807, 2.05) is 4.57 Å². The molecule has 2 aliphatic rings. The average molecular weight is 525 g/mol. The van der Waals surface area contributed by atoms with E-state index in [2.05, 4.69) is 15.0 Å². The van der Waals surface area contributed by atoms with Gasteiger partial charge < -0.3 is 19.7 Å². The van der Waals surface area contributed by atoms with Crippen LogP contribution < -0.4 is 15.0 Å². The maximum absolute atomic E-state index is 12.8. The number of piperidine rings is 1. The Labute approximate surface area is 210 Å². The number of amides is 1. The third-order valence-electron chi connectivity index (χ3n) is 6.40. The number of nitrogens with zero attached hydrogens (tertiary/aromatic N) is 3. The number of aromatic nitrogens is 2. The molecule has 0 saturated carbocycles. The fraction of sp³-hybridized carbons (Fsp3) is 0.417. The smallest absolute Gasteiger partial charge is 0.387 e. The van der Waals surface area contributed by atoms with E-state index in [1.54, 1.807) is 24.3 Å². The van der Waals surface area contributed by atoms with Gasteiger partial charge in [0.1, 0.15) is 5.75 Å². The van der Waals surface area contributed by atoms with Crippen LogP contribution in [0.25, 0.3) is 16.7 Å². The highest BCUT2D eigenvalue weighted by molar-refractivity contribution is 6.42. The van der Waals surface area contributed by atoms with E-state index in [4.69, 9.17) is 32.9 Å². The van der Waals surface area contributed by atoms with Crippen molar-refractivity contribution in [3.8, 4) is 11.4 Å². The van der Waals surface area contributed by atoms with Crippen molar-refractivity contribution < 1.29 is 23.0 Å². The van der Waals surface area contributed by atoms with Crippen LogP contribution in [0.1, 0.15) is 19.3 Å². The van der Waals surface area contributed by atoms with E-state index in [-0.39, 0.29) is 23.6 Å². The molecular weight excluding hydrogens is 501 g/mol. The lowest BCUT2D eigenvalue weighted by molar-refractivity contribution is -0.126. The molecule has 0 aliphatic carbocycles.